The molecule has 0 aliphatic heterocycles. The lowest BCUT2D eigenvalue weighted by Gasteiger charge is -2.03. The number of rotatable bonds is 9. The Hall–Kier alpha value is -1.52. The lowest BCUT2D eigenvalue weighted by Crippen LogP contribution is -2.30. The number of aryl methyl sites for hydroxylation is 1. The number of hydrogen-bond donors (Lipinski definition) is 3. The highest BCUT2D eigenvalue weighted by Gasteiger charge is 2.14. The Kier molecular flexibility index (Phi) is 9.74. The summed E-state index contributed by atoms with van der Waals surface area (Å²) < 4.78 is 4.92. The number of amides is 2. The molecule has 0 unspecified atom stereocenters. The van der Waals surface area contributed by atoms with E-state index in [4.69, 9.17) is 4.74 Å². The third-order valence-corrected chi connectivity index (χ3v) is 5.20. The molecule has 0 fully saturated rings. The molecule has 0 aliphatic rings. The van der Waals surface area contributed by atoms with Crippen molar-refractivity contribution in [3.8, 4) is 10.6 Å². The van der Waals surface area contributed by atoms with E-state index < -0.39 is 0 Å². The molecule has 0 radical (unpaired) electrons. The summed E-state index contributed by atoms with van der Waals surface area (Å²) in [7, 11) is 1.62. The standard InChI is InChI=1S/C16H22N4O3S2.ClH/c1-10-15(13-5-4-12(25-13)8-18-11(2)21)20-16(24-10)19-14(22)9-17-6-7-23-3;/h4-5,17H,6-9H2,1-3H3,(H,18,21)(H,19,20,22);1H. The number of aromatic nitrogens is 1. The molecule has 0 saturated carbocycles. The maximum Gasteiger partial charge on any atom is 0.240 e. The van der Waals surface area contributed by atoms with Crippen molar-refractivity contribution in [2.75, 3.05) is 32.1 Å². The van der Waals surface area contributed by atoms with Gasteiger partial charge >= 0.3 is 0 Å². The first kappa shape index (κ1) is 22.5. The van der Waals surface area contributed by atoms with E-state index in [1.165, 1.54) is 18.3 Å². The van der Waals surface area contributed by atoms with Gasteiger partial charge in [0.15, 0.2) is 5.13 Å². The minimum absolute atomic E-state index is 0. The van der Waals surface area contributed by atoms with Crippen LogP contribution in [-0.4, -0.2) is 43.6 Å². The van der Waals surface area contributed by atoms with Crippen molar-refractivity contribution in [3.63, 3.8) is 0 Å². The quantitative estimate of drug-likeness (QED) is 0.544. The molecule has 0 aliphatic carbocycles. The second-order valence-corrected chi connectivity index (χ2v) is 7.69. The van der Waals surface area contributed by atoms with E-state index in [0.717, 1.165) is 20.3 Å². The number of thiophene rings is 1. The summed E-state index contributed by atoms with van der Waals surface area (Å²) in [5, 5.41) is 9.17. The fraction of sp³-hybridized carbons (Fsp3) is 0.438. The van der Waals surface area contributed by atoms with Crippen molar-refractivity contribution in [2.45, 2.75) is 20.4 Å². The summed E-state index contributed by atoms with van der Waals surface area (Å²) in [4.78, 5) is 30.5. The number of anilines is 1. The molecule has 0 atom stereocenters. The van der Waals surface area contributed by atoms with Gasteiger partial charge in [-0.3, -0.25) is 9.59 Å². The zero-order valence-electron chi connectivity index (χ0n) is 14.9. The molecule has 7 nitrogen and oxygen atoms in total. The van der Waals surface area contributed by atoms with Crippen LogP contribution in [0.3, 0.4) is 0 Å². The molecular formula is C16H23ClN4O3S2. The minimum Gasteiger partial charge on any atom is -0.383 e. The van der Waals surface area contributed by atoms with Crippen LogP contribution >= 0.6 is 35.1 Å². The van der Waals surface area contributed by atoms with Crippen LogP contribution in [0.15, 0.2) is 12.1 Å². The largest absolute Gasteiger partial charge is 0.383 e. The number of hydrogen-bond acceptors (Lipinski definition) is 7. The number of thiazole rings is 1. The first-order chi connectivity index (χ1) is 12.0. The van der Waals surface area contributed by atoms with E-state index in [1.807, 2.05) is 19.1 Å². The summed E-state index contributed by atoms with van der Waals surface area (Å²) >= 11 is 3.03. The van der Waals surface area contributed by atoms with Crippen LogP contribution in [0, 0.1) is 6.92 Å². The molecule has 26 heavy (non-hydrogen) atoms. The van der Waals surface area contributed by atoms with Gasteiger partial charge in [-0.05, 0) is 19.1 Å². The molecule has 0 saturated heterocycles. The average molecular weight is 419 g/mol. The van der Waals surface area contributed by atoms with Gasteiger partial charge < -0.3 is 20.7 Å². The highest BCUT2D eigenvalue weighted by atomic mass is 35.5. The van der Waals surface area contributed by atoms with Gasteiger partial charge in [0.2, 0.25) is 11.8 Å². The van der Waals surface area contributed by atoms with E-state index in [2.05, 4.69) is 20.9 Å². The summed E-state index contributed by atoms with van der Waals surface area (Å²) in [6.07, 6.45) is 0. The van der Waals surface area contributed by atoms with Gasteiger partial charge in [-0.25, -0.2) is 4.98 Å². The summed E-state index contributed by atoms with van der Waals surface area (Å²) in [5.41, 5.74) is 0.867. The van der Waals surface area contributed by atoms with E-state index in [-0.39, 0.29) is 30.8 Å². The van der Waals surface area contributed by atoms with Gasteiger partial charge in [0, 0.05) is 30.3 Å². The van der Waals surface area contributed by atoms with Gasteiger partial charge in [0.05, 0.1) is 30.3 Å². The second kappa shape index (κ2) is 11.2. The molecule has 2 aromatic heterocycles. The van der Waals surface area contributed by atoms with Crippen molar-refractivity contribution in [1.29, 1.82) is 0 Å². The first-order valence-electron chi connectivity index (χ1n) is 7.80. The maximum absolute atomic E-state index is 11.9. The van der Waals surface area contributed by atoms with Crippen molar-refractivity contribution in [3.05, 3.63) is 21.9 Å². The number of nitrogens with one attached hydrogen (secondary N) is 3. The topological polar surface area (TPSA) is 92.3 Å². The van der Waals surface area contributed by atoms with Gasteiger partial charge in [0.1, 0.15) is 0 Å². The zero-order chi connectivity index (χ0) is 18.2. The van der Waals surface area contributed by atoms with Gasteiger partial charge in [-0.15, -0.1) is 35.1 Å². The van der Waals surface area contributed by atoms with Crippen LogP contribution in [-0.2, 0) is 20.9 Å². The predicted octanol–water partition coefficient (Wildman–Crippen LogP) is 2.41. The Morgan fingerprint density at radius 1 is 1.27 bits per heavy atom. The molecule has 144 valence electrons. The van der Waals surface area contributed by atoms with Crippen LogP contribution in [0.25, 0.3) is 10.6 Å². The van der Waals surface area contributed by atoms with Crippen LogP contribution in [0.4, 0.5) is 5.13 Å². The monoisotopic (exact) mass is 418 g/mol. The van der Waals surface area contributed by atoms with E-state index in [9.17, 15) is 9.59 Å². The highest BCUT2D eigenvalue weighted by Crippen LogP contribution is 2.34. The van der Waals surface area contributed by atoms with Crippen LogP contribution in [0.5, 0.6) is 0 Å². The minimum atomic E-state index is -0.131. The lowest BCUT2D eigenvalue weighted by molar-refractivity contribution is -0.119. The predicted molar refractivity (Wildman–Crippen MR) is 108 cm³/mol. The van der Waals surface area contributed by atoms with Gasteiger partial charge in [-0.1, -0.05) is 0 Å². The second-order valence-electron chi connectivity index (χ2n) is 5.32. The van der Waals surface area contributed by atoms with Crippen molar-refractivity contribution in [1.82, 2.24) is 15.6 Å². The average Bonchev–Trinajstić information content (AvgIpc) is 3.16. The number of ether oxygens (including phenoxy) is 1. The lowest BCUT2D eigenvalue weighted by atomic mass is 10.3. The summed E-state index contributed by atoms with van der Waals surface area (Å²) in [6, 6.07) is 3.97. The van der Waals surface area contributed by atoms with Crippen molar-refractivity contribution >= 4 is 52.0 Å². The van der Waals surface area contributed by atoms with E-state index >= 15 is 0 Å². The Bertz CT molecular complexity index is 733. The van der Waals surface area contributed by atoms with Crippen molar-refractivity contribution in [2.24, 2.45) is 0 Å². The molecule has 2 aromatic rings. The zero-order valence-corrected chi connectivity index (χ0v) is 17.3. The van der Waals surface area contributed by atoms with Crippen LogP contribution < -0.4 is 16.0 Å². The fourth-order valence-electron chi connectivity index (χ4n) is 2.03. The molecule has 3 N–H and O–H groups in total. The summed E-state index contributed by atoms with van der Waals surface area (Å²) in [5.74, 6) is -0.183. The number of carbonyl (C=O) groups is 2. The third-order valence-electron chi connectivity index (χ3n) is 3.22. The highest BCUT2D eigenvalue weighted by molar-refractivity contribution is 7.18. The number of nitrogens with zero attached hydrogens (tertiary/aromatic N) is 1. The Labute approximate surface area is 167 Å². The molecule has 0 spiro atoms. The fourth-order valence-corrected chi connectivity index (χ4v) is 3.93. The van der Waals surface area contributed by atoms with E-state index in [1.54, 1.807) is 18.4 Å². The molecule has 10 heteroatoms. The Balaban J connectivity index is 0.00000338. The Morgan fingerprint density at radius 3 is 2.73 bits per heavy atom. The SMILES string of the molecule is COCCNCC(=O)Nc1nc(-c2ccc(CNC(C)=O)s2)c(C)s1.Cl. The van der Waals surface area contributed by atoms with Crippen LogP contribution in [0.1, 0.15) is 16.7 Å². The number of carbonyl (C=O) groups excluding carboxylic acids is 2. The smallest absolute Gasteiger partial charge is 0.240 e. The molecule has 0 aromatic carbocycles. The summed E-state index contributed by atoms with van der Waals surface area (Å²) in [6.45, 7) is 5.40. The molecule has 0 bridgehead atoms. The van der Waals surface area contributed by atoms with Gasteiger partial charge in [-0.2, -0.15) is 0 Å². The number of halogens is 1. The van der Waals surface area contributed by atoms with E-state index in [0.29, 0.717) is 24.8 Å². The number of methoxy groups -OCH3 is 1. The Morgan fingerprint density at radius 2 is 2.04 bits per heavy atom. The van der Waals surface area contributed by atoms with Gasteiger partial charge in [0.25, 0.3) is 0 Å². The normalized spacial score (nSPS) is 10.3. The first-order valence-corrected chi connectivity index (χ1v) is 9.43. The molecule has 2 rings (SSSR count). The van der Waals surface area contributed by atoms with Crippen LogP contribution in [0.2, 0.25) is 0 Å². The van der Waals surface area contributed by atoms with Crippen molar-refractivity contribution < 1.29 is 14.3 Å². The molecule has 2 amide bonds. The molecule has 2 heterocycles. The molecular weight excluding hydrogens is 396 g/mol. The third kappa shape index (κ3) is 7.00. The maximum atomic E-state index is 11.9.